The second-order valence-electron chi connectivity index (χ2n) is 5.03. The first-order valence-electron chi connectivity index (χ1n) is 7.22. The van der Waals surface area contributed by atoms with Crippen molar-refractivity contribution in [3.05, 3.63) is 41.6 Å². The van der Waals surface area contributed by atoms with Crippen molar-refractivity contribution in [3.8, 4) is 11.9 Å². The zero-order valence-corrected chi connectivity index (χ0v) is 13.1. The van der Waals surface area contributed by atoms with Crippen LogP contribution in [-0.4, -0.2) is 16.1 Å². The molecule has 2 aromatic rings. The monoisotopic (exact) mass is 336 g/mol. The average Bonchev–Trinajstić information content (AvgIpc) is 2.54. The van der Waals surface area contributed by atoms with E-state index >= 15 is 0 Å². The summed E-state index contributed by atoms with van der Waals surface area (Å²) in [6.45, 7) is 3.45. The molecule has 0 amide bonds. The molecule has 5 nitrogen and oxygen atoms in total. The van der Waals surface area contributed by atoms with Crippen molar-refractivity contribution in [2.24, 2.45) is 0 Å². The third-order valence-electron chi connectivity index (χ3n) is 3.24. The van der Waals surface area contributed by atoms with E-state index in [1.807, 2.05) is 6.07 Å². The number of anilines is 2. The second-order valence-corrected chi connectivity index (χ2v) is 5.03. The number of hydrogen-bond acceptors (Lipinski definition) is 5. The minimum atomic E-state index is -4.62. The van der Waals surface area contributed by atoms with E-state index in [-0.39, 0.29) is 5.95 Å². The van der Waals surface area contributed by atoms with Crippen LogP contribution in [0.2, 0.25) is 0 Å². The molecule has 0 aliphatic carbocycles. The Morgan fingerprint density at radius 2 is 2.04 bits per heavy atom. The van der Waals surface area contributed by atoms with Gasteiger partial charge in [0.05, 0.1) is 17.4 Å². The maximum Gasteiger partial charge on any atom is 0.423 e. The number of benzene rings is 1. The Morgan fingerprint density at radius 1 is 1.33 bits per heavy atom. The van der Waals surface area contributed by atoms with Crippen LogP contribution in [0.1, 0.15) is 31.4 Å². The molecule has 0 fully saturated rings. The summed E-state index contributed by atoms with van der Waals surface area (Å²) in [4.78, 5) is 7.50. The number of halogens is 3. The number of nitrogens with zero attached hydrogens (tertiary/aromatic N) is 3. The van der Waals surface area contributed by atoms with Crippen LogP contribution in [0.25, 0.3) is 0 Å². The Balaban J connectivity index is 2.39. The van der Waals surface area contributed by atoms with E-state index in [0.29, 0.717) is 23.9 Å². The normalized spacial score (nSPS) is 12.3. The zero-order valence-electron chi connectivity index (χ0n) is 13.1. The quantitative estimate of drug-likeness (QED) is 0.882. The first-order valence-corrected chi connectivity index (χ1v) is 7.22. The fourth-order valence-corrected chi connectivity index (χ4v) is 1.79. The summed E-state index contributed by atoms with van der Waals surface area (Å²) in [5.74, 6) is -0.618. The van der Waals surface area contributed by atoms with Gasteiger partial charge in [0, 0.05) is 6.20 Å². The summed E-state index contributed by atoms with van der Waals surface area (Å²) in [7, 11) is 0. The number of nitriles is 1. The molecule has 2 rings (SSSR count). The van der Waals surface area contributed by atoms with E-state index in [4.69, 9.17) is 10.00 Å². The van der Waals surface area contributed by atoms with Crippen molar-refractivity contribution >= 4 is 11.6 Å². The molecule has 0 saturated heterocycles. The first kappa shape index (κ1) is 17.5. The van der Waals surface area contributed by atoms with Gasteiger partial charge in [0.15, 0.2) is 0 Å². The van der Waals surface area contributed by atoms with Crippen molar-refractivity contribution in [2.75, 3.05) is 5.32 Å². The predicted molar refractivity (Wildman–Crippen MR) is 81.9 cm³/mol. The largest absolute Gasteiger partial charge is 0.474 e. The summed E-state index contributed by atoms with van der Waals surface area (Å²) in [5, 5.41) is 11.8. The van der Waals surface area contributed by atoms with Crippen LogP contribution in [0, 0.1) is 11.3 Å². The number of para-hydroxylation sites is 1. The molecular formula is C16H15F3N4O. The molecule has 0 radical (unpaired) electrons. The fourth-order valence-electron chi connectivity index (χ4n) is 1.79. The highest BCUT2D eigenvalue weighted by Gasteiger charge is 2.36. The van der Waals surface area contributed by atoms with Gasteiger partial charge >= 0.3 is 6.18 Å². The third kappa shape index (κ3) is 4.13. The molecular weight excluding hydrogens is 321 g/mol. The minimum Gasteiger partial charge on any atom is -0.474 e. The molecule has 0 bridgehead atoms. The lowest BCUT2D eigenvalue weighted by atomic mass is 10.2. The van der Waals surface area contributed by atoms with Gasteiger partial charge in [-0.3, -0.25) is 0 Å². The van der Waals surface area contributed by atoms with Gasteiger partial charge in [-0.1, -0.05) is 19.1 Å². The maximum absolute atomic E-state index is 13.1. The molecule has 1 atom stereocenters. The first-order chi connectivity index (χ1) is 11.3. The Hall–Kier alpha value is -2.82. The summed E-state index contributed by atoms with van der Waals surface area (Å²) in [6, 6.07) is 8.52. The number of nitrogens with one attached hydrogen (secondary N) is 1. The molecule has 1 heterocycles. The van der Waals surface area contributed by atoms with Crippen molar-refractivity contribution < 1.29 is 17.9 Å². The van der Waals surface area contributed by atoms with Crippen LogP contribution in [0.15, 0.2) is 30.5 Å². The van der Waals surface area contributed by atoms with Gasteiger partial charge in [-0.15, -0.1) is 0 Å². The SMILES string of the molecule is CCC(C)Oc1nc(Nc2ccccc2C#N)ncc1C(F)(F)F. The van der Waals surface area contributed by atoms with E-state index in [2.05, 4.69) is 15.3 Å². The third-order valence-corrected chi connectivity index (χ3v) is 3.24. The average molecular weight is 336 g/mol. The molecule has 0 aliphatic heterocycles. The van der Waals surface area contributed by atoms with Gasteiger partial charge in [-0.2, -0.15) is 23.4 Å². The van der Waals surface area contributed by atoms with E-state index in [1.165, 1.54) is 0 Å². The van der Waals surface area contributed by atoms with Gasteiger partial charge in [-0.25, -0.2) is 4.98 Å². The van der Waals surface area contributed by atoms with E-state index < -0.39 is 23.7 Å². The van der Waals surface area contributed by atoms with Crippen molar-refractivity contribution in [2.45, 2.75) is 32.5 Å². The fraction of sp³-hybridized carbons (Fsp3) is 0.312. The highest BCUT2D eigenvalue weighted by atomic mass is 19.4. The van der Waals surface area contributed by atoms with E-state index in [1.54, 1.807) is 38.1 Å². The molecule has 8 heteroatoms. The topological polar surface area (TPSA) is 70.8 Å². The zero-order chi connectivity index (χ0) is 17.7. The molecule has 0 saturated carbocycles. The predicted octanol–water partition coefficient (Wildman–Crippen LogP) is 4.29. The van der Waals surface area contributed by atoms with Crippen molar-refractivity contribution in [1.29, 1.82) is 5.26 Å². The van der Waals surface area contributed by atoms with Crippen LogP contribution in [0.5, 0.6) is 5.88 Å². The summed E-state index contributed by atoms with van der Waals surface area (Å²) >= 11 is 0. The number of alkyl halides is 3. The Kier molecular flexibility index (Phi) is 5.24. The lowest BCUT2D eigenvalue weighted by molar-refractivity contribution is -0.139. The van der Waals surface area contributed by atoms with Gasteiger partial charge in [0.25, 0.3) is 0 Å². The Bertz CT molecular complexity index is 756. The summed E-state index contributed by atoms with van der Waals surface area (Å²) in [6.07, 6.45) is -3.85. The molecule has 24 heavy (non-hydrogen) atoms. The van der Waals surface area contributed by atoms with E-state index in [9.17, 15) is 13.2 Å². The van der Waals surface area contributed by atoms with Crippen LogP contribution < -0.4 is 10.1 Å². The van der Waals surface area contributed by atoms with Crippen LogP contribution >= 0.6 is 0 Å². The van der Waals surface area contributed by atoms with Gasteiger partial charge in [0.1, 0.15) is 11.6 Å². The second kappa shape index (κ2) is 7.17. The molecule has 0 aliphatic rings. The van der Waals surface area contributed by atoms with Crippen molar-refractivity contribution in [3.63, 3.8) is 0 Å². The highest BCUT2D eigenvalue weighted by molar-refractivity contribution is 5.63. The molecule has 0 spiro atoms. The molecule has 1 N–H and O–H groups in total. The van der Waals surface area contributed by atoms with Gasteiger partial charge in [0.2, 0.25) is 11.8 Å². The molecule has 1 aromatic heterocycles. The van der Waals surface area contributed by atoms with Gasteiger partial charge < -0.3 is 10.1 Å². The Morgan fingerprint density at radius 3 is 2.67 bits per heavy atom. The van der Waals surface area contributed by atoms with Crippen LogP contribution in [0.3, 0.4) is 0 Å². The maximum atomic E-state index is 13.1. The number of ether oxygens (including phenoxy) is 1. The Labute approximate surface area is 137 Å². The van der Waals surface area contributed by atoms with Crippen molar-refractivity contribution in [1.82, 2.24) is 9.97 Å². The van der Waals surface area contributed by atoms with Crippen LogP contribution in [-0.2, 0) is 6.18 Å². The summed E-state index contributed by atoms with van der Waals surface area (Å²) < 4.78 is 44.4. The standard InChI is InChI=1S/C16H15F3N4O/c1-3-10(2)24-14-12(16(17,18)19)9-21-15(23-14)22-13-7-5-4-6-11(13)8-20/h4-7,9-10H,3H2,1-2H3,(H,21,22,23). The van der Waals surface area contributed by atoms with E-state index in [0.717, 1.165) is 0 Å². The highest BCUT2D eigenvalue weighted by Crippen LogP contribution is 2.36. The van der Waals surface area contributed by atoms with Crippen LogP contribution in [0.4, 0.5) is 24.8 Å². The summed E-state index contributed by atoms with van der Waals surface area (Å²) in [5.41, 5.74) is -0.318. The lowest BCUT2D eigenvalue weighted by Gasteiger charge is -2.17. The molecule has 1 unspecified atom stereocenters. The lowest BCUT2D eigenvalue weighted by Crippen LogP contribution is -2.17. The number of aromatic nitrogens is 2. The smallest absolute Gasteiger partial charge is 0.423 e. The number of rotatable bonds is 5. The molecule has 126 valence electrons. The minimum absolute atomic E-state index is 0.0796. The molecule has 1 aromatic carbocycles. The number of hydrogen-bond donors (Lipinski definition) is 1. The van der Waals surface area contributed by atoms with Gasteiger partial charge in [-0.05, 0) is 25.5 Å².